The minimum Gasteiger partial charge on any atom is -0.462 e. The summed E-state index contributed by atoms with van der Waals surface area (Å²) in [5, 5.41) is 3.17. The normalized spacial score (nSPS) is 25.5. The first kappa shape index (κ1) is 12.5. The summed E-state index contributed by atoms with van der Waals surface area (Å²) in [6.45, 7) is 6.43. The fourth-order valence-corrected chi connectivity index (χ4v) is 1.67. The number of ether oxygens (including phenoxy) is 2. The highest BCUT2D eigenvalue weighted by Crippen LogP contribution is 2.19. The van der Waals surface area contributed by atoms with E-state index in [9.17, 15) is 4.79 Å². The maximum absolute atomic E-state index is 11.7. The van der Waals surface area contributed by atoms with Crippen molar-refractivity contribution in [3.8, 4) is 0 Å². The second-order valence-electron chi connectivity index (χ2n) is 4.11. The van der Waals surface area contributed by atoms with Crippen molar-refractivity contribution in [3.63, 3.8) is 0 Å². The van der Waals surface area contributed by atoms with Crippen LogP contribution in [0.3, 0.4) is 0 Å². The Morgan fingerprint density at radius 3 is 2.80 bits per heavy atom. The summed E-state index contributed by atoms with van der Waals surface area (Å²) in [5.41, 5.74) is -0.468. The summed E-state index contributed by atoms with van der Waals surface area (Å²) in [6, 6.07) is 0. The van der Waals surface area contributed by atoms with E-state index in [1.165, 1.54) is 0 Å². The first-order chi connectivity index (χ1) is 7.19. The van der Waals surface area contributed by atoms with Crippen LogP contribution in [0, 0.1) is 0 Å². The van der Waals surface area contributed by atoms with Gasteiger partial charge in [-0.1, -0.05) is 6.92 Å². The average molecular weight is 215 g/mol. The predicted molar refractivity (Wildman–Crippen MR) is 57.7 cm³/mol. The smallest absolute Gasteiger partial charge is 0.326 e. The zero-order chi connectivity index (χ0) is 11.1. The van der Waals surface area contributed by atoms with Gasteiger partial charge in [0, 0.05) is 6.61 Å². The van der Waals surface area contributed by atoms with E-state index in [-0.39, 0.29) is 5.97 Å². The molecule has 0 amide bonds. The summed E-state index contributed by atoms with van der Waals surface area (Å²) in [7, 11) is 0. The van der Waals surface area contributed by atoms with E-state index in [2.05, 4.69) is 12.2 Å². The molecule has 1 N–H and O–H groups in total. The molecule has 0 aliphatic carbocycles. The molecule has 0 bridgehead atoms. The molecular weight excluding hydrogens is 194 g/mol. The molecule has 4 nitrogen and oxygen atoms in total. The van der Waals surface area contributed by atoms with Crippen LogP contribution in [0.4, 0.5) is 0 Å². The van der Waals surface area contributed by atoms with Gasteiger partial charge in [0.1, 0.15) is 12.1 Å². The molecule has 0 aromatic carbocycles. The van der Waals surface area contributed by atoms with E-state index in [1.54, 1.807) is 0 Å². The van der Waals surface area contributed by atoms with Crippen LogP contribution in [0.15, 0.2) is 0 Å². The topological polar surface area (TPSA) is 47.6 Å². The van der Waals surface area contributed by atoms with E-state index in [1.807, 2.05) is 6.92 Å². The third-order valence-electron chi connectivity index (χ3n) is 2.63. The largest absolute Gasteiger partial charge is 0.462 e. The Labute approximate surface area is 91.3 Å². The van der Waals surface area contributed by atoms with Crippen LogP contribution >= 0.6 is 0 Å². The Balaban J connectivity index is 2.12. The van der Waals surface area contributed by atoms with Crippen molar-refractivity contribution in [3.05, 3.63) is 0 Å². The van der Waals surface area contributed by atoms with Crippen molar-refractivity contribution in [2.24, 2.45) is 0 Å². The van der Waals surface area contributed by atoms with Gasteiger partial charge in [-0.3, -0.25) is 4.79 Å². The van der Waals surface area contributed by atoms with Gasteiger partial charge >= 0.3 is 5.97 Å². The van der Waals surface area contributed by atoms with Crippen LogP contribution < -0.4 is 5.32 Å². The zero-order valence-corrected chi connectivity index (χ0v) is 9.67. The van der Waals surface area contributed by atoms with Crippen molar-refractivity contribution < 1.29 is 14.3 Å². The first-order valence-electron chi connectivity index (χ1n) is 5.69. The monoisotopic (exact) mass is 215 g/mol. The lowest BCUT2D eigenvalue weighted by Gasteiger charge is -2.21. The van der Waals surface area contributed by atoms with E-state index in [0.717, 1.165) is 32.4 Å². The van der Waals surface area contributed by atoms with Gasteiger partial charge in [-0.15, -0.1) is 0 Å². The fourth-order valence-electron chi connectivity index (χ4n) is 1.67. The average Bonchev–Trinajstić information content (AvgIpc) is 2.66. The maximum atomic E-state index is 11.7. The van der Waals surface area contributed by atoms with Crippen molar-refractivity contribution >= 4 is 5.97 Å². The standard InChI is InChI=1S/C11H21NO3/c1-3-7-14-8-9-15-10(13)11(2)5-4-6-12-11/h12H,3-9H2,1-2H3. The molecule has 0 aromatic rings. The molecule has 0 aromatic heterocycles. The molecule has 0 saturated carbocycles. The van der Waals surface area contributed by atoms with E-state index in [4.69, 9.17) is 9.47 Å². The third-order valence-corrected chi connectivity index (χ3v) is 2.63. The van der Waals surface area contributed by atoms with Gasteiger partial charge in [0.05, 0.1) is 6.61 Å². The van der Waals surface area contributed by atoms with Crippen molar-refractivity contribution in [1.29, 1.82) is 0 Å². The Bertz CT molecular complexity index is 200. The molecule has 88 valence electrons. The van der Waals surface area contributed by atoms with Gasteiger partial charge in [0.2, 0.25) is 0 Å². The highest BCUT2D eigenvalue weighted by atomic mass is 16.6. The second-order valence-corrected chi connectivity index (χ2v) is 4.11. The molecule has 4 heteroatoms. The molecule has 1 unspecified atom stereocenters. The van der Waals surface area contributed by atoms with E-state index < -0.39 is 5.54 Å². The quantitative estimate of drug-likeness (QED) is 0.532. The molecule has 15 heavy (non-hydrogen) atoms. The van der Waals surface area contributed by atoms with Crippen LogP contribution in [-0.2, 0) is 14.3 Å². The van der Waals surface area contributed by atoms with Crippen LogP contribution in [0.25, 0.3) is 0 Å². The lowest BCUT2D eigenvalue weighted by Crippen LogP contribution is -2.46. The van der Waals surface area contributed by atoms with Crippen LogP contribution in [0.1, 0.15) is 33.1 Å². The predicted octanol–water partition coefficient (Wildman–Crippen LogP) is 1.10. The number of hydrogen-bond acceptors (Lipinski definition) is 4. The van der Waals surface area contributed by atoms with Crippen molar-refractivity contribution in [2.45, 2.75) is 38.6 Å². The second kappa shape index (κ2) is 6.08. The number of esters is 1. The number of rotatable bonds is 6. The number of hydrogen-bond donors (Lipinski definition) is 1. The first-order valence-corrected chi connectivity index (χ1v) is 5.69. The summed E-state index contributed by atoms with van der Waals surface area (Å²) in [4.78, 5) is 11.7. The highest BCUT2D eigenvalue weighted by Gasteiger charge is 2.37. The summed E-state index contributed by atoms with van der Waals surface area (Å²) in [5.74, 6) is -0.153. The van der Waals surface area contributed by atoms with Gasteiger partial charge in [0.25, 0.3) is 0 Å². The van der Waals surface area contributed by atoms with Crippen LogP contribution in [0.5, 0.6) is 0 Å². The van der Waals surface area contributed by atoms with Gasteiger partial charge in [-0.05, 0) is 32.7 Å². The summed E-state index contributed by atoms with van der Waals surface area (Å²) in [6.07, 6.45) is 2.90. The van der Waals surface area contributed by atoms with E-state index in [0.29, 0.717) is 13.2 Å². The SMILES string of the molecule is CCCOCCOC(=O)C1(C)CCCN1. The van der Waals surface area contributed by atoms with Gasteiger partial charge in [0.15, 0.2) is 0 Å². The minimum atomic E-state index is -0.468. The number of carbonyl (C=O) groups excluding carboxylic acids is 1. The summed E-state index contributed by atoms with van der Waals surface area (Å²) >= 11 is 0. The Hall–Kier alpha value is -0.610. The Kier molecular flexibility index (Phi) is 5.05. The molecule has 1 fully saturated rings. The molecule has 1 rings (SSSR count). The molecule has 0 radical (unpaired) electrons. The lowest BCUT2D eigenvalue weighted by atomic mass is 10.0. The molecule has 1 heterocycles. The van der Waals surface area contributed by atoms with Gasteiger partial charge in [-0.2, -0.15) is 0 Å². The molecule has 1 atom stereocenters. The maximum Gasteiger partial charge on any atom is 0.326 e. The lowest BCUT2D eigenvalue weighted by molar-refractivity contribution is -0.151. The van der Waals surface area contributed by atoms with Crippen LogP contribution in [-0.4, -0.2) is 37.9 Å². The Morgan fingerprint density at radius 1 is 1.40 bits per heavy atom. The van der Waals surface area contributed by atoms with Crippen molar-refractivity contribution in [2.75, 3.05) is 26.4 Å². The number of nitrogens with one attached hydrogen (secondary N) is 1. The highest BCUT2D eigenvalue weighted by molar-refractivity contribution is 5.80. The third kappa shape index (κ3) is 3.80. The molecule has 0 spiro atoms. The molecule has 1 aliphatic rings. The van der Waals surface area contributed by atoms with Crippen molar-refractivity contribution in [1.82, 2.24) is 5.32 Å². The molecular formula is C11H21NO3. The zero-order valence-electron chi connectivity index (χ0n) is 9.67. The molecule has 1 aliphatic heterocycles. The number of carbonyl (C=O) groups is 1. The summed E-state index contributed by atoms with van der Waals surface area (Å²) < 4.78 is 10.4. The van der Waals surface area contributed by atoms with E-state index >= 15 is 0 Å². The fraction of sp³-hybridized carbons (Fsp3) is 0.909. The minimum absolute atomic E-state index is 0.153. The van der Waals surface area contributed by atoms with Crippen LogP contribution in [0.2, 0.25) is 0 Å². The van der Waals surface area contributed by atoms with Gasteiger partial charge in [-0.25, -0.2) is 0 Å². The molecule has 1 saturated heterocycles. The van der Waals surface area contributed by atoms with Gasteiger partial charge < -0.3 is 14.8 Å². The Morgan fingerprint density at radius 2 is 2.20 bits per heavy atom.